The molecular weight excluding hydrogens is 445 g/mol. The number of nitrogens with zero attached hydrogens (tertiary/aromatic N) is 1. The average Bonchev–Trinajstić information content (AvgIpc) is 3.09. The highest BCUT2D eigenvalue weighted by Crippen LogP contribution is 2.62. The summed E-state index contributed by atoms with van der Waals surface area (Å²) in [5.74, 6) is 1.64. The first-order valence-electron chi connectivity index (χ1n) is 9.29. The summed E-state index contributed by atoms with van der Waals surface area (Å²) in [6.45, 7) is 5.35. The van der Waals surface area contributed by atoms with E-state index < -0.39 is 0 Å². The number of ether oxygens (including phenoxy) is 1. The van der Waals surface area contributed by atoms with Crippen molar-refractivity contribution >= 4 is 41.3 Å². The maximum absolute atomic E-state index is 6.02. The minimum atomic E-state index is 0. The zero-order chi connectivity index (χ0) is 16.7. The van der Waals surface area contributed by atoms with Gasteiger partial charge < -0.3 is 15.4 Å². The Morgan fingerprint density at radius 1 is 1.44 bits per heavy atom. The average molecular weight is 475 g/mol. The van der Waals surface area contributed by atoms with E-state index in [0.717, 1.165) is 19.0 Å². The van der Waals surface area contributed by atoms with Gasteiger partial charge >= 0.3 is 0 Å². The highest BCUT2D eigenvalue weighted by Gasteiger charge is 2.66. The summed E-state index contributed by atoms with van der Waals surface area (Å²) in [7, 11) is 1.88. The van der Waals surface area contributed by atoms with E-state index in [9.17, 15) is 0 Å². The Hall–Kier alpha value is -0.340. The standard InChI is InChI=1S/C19H29N3OS.HI/c1-12(11-14-6-5-13(2)24-14)21-18(20-3)22-16-15-7-10-23-17(15)19(16)8-4-9-19;/h5-6,12,15-17H,4,7-11H2,1-3H3,(H2,20,21,22);1H. The molecule has 1 aromatic rings. The first-order valence-corrected chi connectivity index (χ1v) is 10.1. The van der Waals surface area contributed by atoms with Crippen molar-refractivity contribution in [3.05, 3.63) is 21.9 Å². The summed E-state index contributed by atoms with van der Waals surface area (Å²) < 4.78 is 6.02. The molecule has 1 aromatic heterocycles. The summed E-state index contributed by atoms with van der Waals surface area (Å²) in [6, 6.07) is 5.36. The van der Waals surface area contributed by atoms with Gasteiger partial charge in [0, 0.05) is 53.2 Å². The maximum Gasteiger partial charge on any atom is 0.191 e. The van der Waals surface area contributed by atoms with Gasteiger partial charge in [-0.25, -0.2) is 0 Å². The van der Waals surface area contributed by atoms with Crippen LogP contribution in [-0.4, -0.2) is 37.8 Å². The SMILES string of the molecule is CN=C(NC(C)Cc1ccc(C)s1)NC1C2CCOC2C12CCC2.I. The molecule has 1 aliphatic heterocycles. The zero-order valence-corrected chi connectivity index (χ0v) is 18.5. The molecular formula is C19H30IN3OS. The van der Waals surface area contributed by atoms with Gasteiger partial charge in [-0.3, -0.25) is 4.99 Å². The molecule has 3 aliphatic rings. The monoisotopic (exact) mass is 475 g/mol. The normalized spacial score (nSPS) is 30.7. The molecule has 4 atom stereocenters. The Balaban J connectivity index is 0.00000182. The lowest BCUT2D eigenvalue weighted by Crippen LogP contribution is -2.72. The molecule has 2 aliphatic carbocycles. The van der Waals surface area contributed by atoms with Crippen LogP contribution in [0.3, 0.4) is 0 Å². The molecule has 140 valence electrons. The van der Waals surface area contributed by atoms with Gasteiger partial charge in [-0.1, -0.05) is 6.42 Å². The fourth-order valence-electron chi connectivity index (χ4n) is 4.96. The van der Waals surface area contributed by atoms with Gasteiger partial charge in [0.1, 0.15) is 0 Å². The zero-order valence-electron chi connectivity index (χ0n) is 15.4. The topological polar surface area (TPSA) is 45.7 Å². The molecule has 2 N–H and O–H groups in total. The first kappa shape index (κ1) is 19.4. The van der Waals surface area contributed by atoms with Crippen LogP contribution < -0.4 is 10.6 Å². The van der Waals surface area contributed by atoms with Gasteiger partial charge in [0.15, 0.2) is 5.96 Å². The van der Waals surface area contributed by atoms with E-state index >= 15 is 0 Å². The predicted molar refractivity (Wildman–Crippen MR) is 115 cm³/mol. The number of nitrogens with one attached hydrogen (secondary N) is 2. The van der Waals surface area contributed by atoms with Gasteiger partial charge in [0.2, 0.25) is 0 Å². The number of rotatable bonds is 4. The van der Waals surface area contributed by atoms with Crippen molar-refractivity contribution in [1.82, 2.24) is 10.6 Å². The summed E-state index contributed by atoms with van der Waals surface area (Å²) in [6.07, 6.45) is 6.73. The Bertz CT molecular complexity index is 628. The van der Waals surface area contributed by atoms with E-state index in [1.165, 1.54) is 35.4 Å². The fraction of sp³-hybridized carbons (Fsp3) is 0.737. The van der Waals surface area contributed by atoms with Crippen LogP contribution in [-0.2, 0) is 11.2 Å². The van der Waals surface area contributed by atoms with E-state index in [1.807, 2.05) is 18.4 Å². The van der Waals surface area contributed by atoms with Gasteiger partial charge in [-0.15, -0.1) is 35.3 Å². The van der Waals surface area contributed by atoms with Crippen LogP contribution in [0.25, 0.3) is 0 Å². The molecule has 0 amide bonds. The number of hydrogen-bond donors (Lipinski definition) is 2. The second-order valence-corrected chi connectivity index (χ2v) is 9.16. The quantitative estimate of drug-likeness (QED) is 0.397. The summed E-state index contributed by atoms with van der Waals surface area (Å²) in [4.78, 5) is 7.31. The molecule has 0 aromatic carbocycles. The smallest absolute Gasteiger partial charge is 0.191 e. The maximum atomic E-state index is 6.02. The Kier molecular flexibility index (Phi) is 6.00. The minimum absolute atomic E-state index is 0. The molecule has 2 saturated carbocycles. The number of fused-ring (bicyclic) bond motifs is 2. The first-order chi connectivity index (χ1) is 11.6. The van der Waals surface area contributed by atoms with E-state index in [0.29, 0.717) is 29.5 Å². The molecule has 1 saturated heterocycles. The lowest BCUT2D eigenvalue weighted by Gasteiger charge is -2.63. The summed E-state index contributed by atoms with van der Waals surface area (Å²) >= 11 is 1.89. The number of thiophene rings is 1. The van der Waals surface area contributed by atoms with Crippen LogP contribution in [0.1, 0.15) is 42.4 Å². The van der Waals surface area contributed by atoms with Gasteiger partial charge in [-0.05, 0) is 45.2 Å². The molecule has 2 heterocycles. The van der Waals surface area contributed by atoms with E-state index in [2.05, 4.69) is 41.6 Å². The van der Waals surface area contributed by atoms with Gasteiger partial charge in [-0.2, -0.15) is 0 Å². The predicted octanol–water partition coefficient (Wildman–Crippen LogP) is 3.73. The summed E-state index contributed by atoms with van der Waals surface area (Å²) in [5.41, 5.74) is 0.396. The van der Waals surface area contributed by atoms with Crippen molar-refractivity contribution in [2.75, 3.05) is 13.7 Å². The van der Waals surface area contributed by atoms with Crippen LogP contribution in [0.4, 0.5) is 0 Å². The second-order valence-electron chi connectivity index (χ2n) is 7.79. The van der Waals surface area contributed by atoms with Crippen molar-refractivity contribution in [2.45, 2.75) is 64.1 Å². The van der Waals surface area contributed by atoms with Crippen molar-refractivity contribution < 1.29 is 4.74 Å². The third kappa shape index (κ3) is 3.46. The van der Waals surface area contributed by atoms with Gasteiger partial charge in [0.05, 0.1) is 6.10 Å². The molecule has 0 radical (unpaired) electrons. The molecule has 25 heavy (non-hydrogen) atoms. The van der Waals surface area contributed by atoms with Crippen molar-refractivity contribution in [3.63, 3.8) is 0 Å². The highest BCUT2D eigenvalue weighted by atomic mass is 127. The van der Waals surface area contributed by atoms with E-state index in [1.54, 1.807) is 0 Å². The van der Waals surface area contributed by atoms with Gasteiger partial charge in [0.25, 0.3) is 0 Å². The lowest BCUT2D eigenvalue weighted by molar-refractivity contribution is -0.171. The fourth-order valence-corrected chi connectivity index (χ4v) is 5.97. The van der Waals surface area contributed by atoms with Crippen molar-refractivity contribution in [3.8, 4) is 0 Å². The van der Waals surface area contributed by atoms with E-state index in [-0.39, 0.29) is 24.0 Å². The number of aliphatic imine (C=N–C) groups is 1. The highest BCUT2D eigenvalue weighted by molar-refractivity contribution is 14.0. The largest absolute Gasteiger partial charge is 0.377 e. The summed E-state index contributed by atoms with van der Waals surface area (Å²) in [5, 5.41) is 7.35. The van der Waals surface area contributed by atoms with E-state index in [4.69, 9.17) is 4.74 Å². The molecule has 3 fully saturated rings. The molecule has 1 spiro atoms. The Morgan fingerprint density at radius 3 is 2.84 bits per heavy atom. The third-order valence-corrected chi connectivity index (χ3v) is 7.26. The number of guanidine groups is 1. The van der Waals surface area contributed by atoms with Crippen LogP contribution in [0, 0.1) is 18.3 Å². The lowest BCUT2D eigenvalue weighted by atomic mass is 9.46. The molecule has 4 unspecified atom stereocenters. The Morgan fingerprint density at radius 2 is 2.24 bits per heavy atom. The molecule has 4 rings (SSSR count). The third-order valence-electron chi connectivity index (χ3n) is 6.24. The number of aryl methyl sites for hydroxylation is 1. The number of halogens is 1. The minimum Gasteiger partial charge on any atom is -0.377 e. The molecule has 4 nitrogen and oxygen atoms in total. The Labute approximate surface area is 172 Å². The van der Waals surface area contributed by atoms with Crippen LogP contribution >= 0.6 is 35.3 Å². The van der Waals surface area contributed by atoms with Crippen LogP contribution in [0.2, 0.25) is 0 Å². The molecule has 0 bridgehead atoms. The van der Waals surface area contributed by atoms with Crippen LogP contribution in [0.5, 0.6) is 0 Å². The van der Waals surface area contributed by atoms with Crippen molar-refractivity contribution in [2.24, 2.45) is 16.3 Å². The second kappa shape index (κ2) is 7.72. The van der Waals surface area contributed by atoms with Crippen molar-refractivity contribution in [1.29, 1.82) is 0 Å². The van der Waals surface area contributed by atoms with Crippen LogP contribution in [0.15, 0.2) is 17.1 Å². The number of hydrogen-bond acceptors (Lipinski definition) is 3. The molecule has 6 heteroatoms.